The zero-order valence-electron chi connectivity index (χ0n) is 11.8. The molecule has 1 heterocycles. The zero-order chi connectivity index (χ0) is 14.4. The Morgan fingerprint density at radius 1 is 1.35 bits per heavy atom. The number of aromatic amines is 1. The summed E-state index contributed by atoms with van der Waals surface area (Å²) in [4.78, 5) is 2.24. The lowest BCUT2D eigenvalue weighted by Crippen LogP contribution is -2.26. The predicted octanol–water partition coefficient (Wildman–Crippen LogP) is 1.60. The first-order valence-corrected chi connectivity index (χ1v) is 6.60. The van der Waals surface area contributed by atoms with Gasteiger partial charge in [-0.2, -0.15) is 10.4 Å². The number of aromatic nitrogens is 2. The van der Waals surface area contributed by atoms with E-state index in [9.17, 15) is 0 Å². The molecule has 2 N–H and O–H groups in total. The van der Waals surface area contributed by atoms with Crippen LogP contribution in [0.2, 0.25) is 0 Å². The summed E-state index contributed by atoms with van der Waals surface area (Å²) in [5.74, 6) is 0. The number of hydrogen-bond acceptors (Lipinski definition) is 4. The predicted molar refractivity (Wildman–Crippen MR) is 79.0 cm³/mol. The number of nitrogens with zero attached hydrogens (tertiary/aromatic N) is 3. The highest BCUT2D eigenvalue weighted by Gasteiger charge is 2.09. The Bertz CT molecular complexity index is 579. The number of nitrogens with one attached hydrogen (secondary N) is 2. The van der Waals surface area contributed by atoms with E-state index in [2.05, 4.69) is 33.5 Å². The molecule has 0 saturated heterocycles. The van der Waals surface area contributed by atoms with Gasteiger partial charge in [0.25, 0.3) is 0 Å². The summed E-state index contributed by atoms with van der Waals surface area (Å²) in [6, 6.07) is 9.67. The van der Waals surface area contributed by atoms with Crippen molar-refractivity contribution in [3.8, 4) is 17.3 Å². The Balaban J connectivity index is 2.13. The van der Waals surface area contributed by atoms with Gasteiger partial charge in [-0.25, -0.2) is 0 Å². The van der Waals surface area contributed by atoms with Crippen LogP contribution in [0.1, 0.15) is 11.1 Å². The molecule has 2 rings (SSSR count). The van der Waals surface area contributed by atoms with Gasteiger partial charge in [-0.3, -0.25) is 5.10 Å². The lowest BCUT2D eigenvalue weighted by Gasteiger charge is -2.16. The van der Waals surface area contributed by atoms with Gasteiger partial charge in [0.15, 0.2) is 0 Å². The van der Waals surface area contributed by atoms with Crippen molar-refractivity contribution in [3.05, 3.63) is 41.6 Å². The first-order valence-electron chi connectivity index (χ1n) is 6.60. The summed E-state index contributed by atoms with van der Waals surface area (Å²) in [5.41, 5.74) is 3.90. The summed E-state index contributed by atoms with van der Waals surface area (Å²) in [5, 5.41) is 19.2. The fourth-order valence-electron chi connectivity index (χ4n) is 2.06. The lowest BCUT2D eigenvalue weighted by atomic mass is 10.1. The van der Waals surface area contributed by atoms with Gasteiger partial charge < -0.3 is 10.2 Å². The molecule has 0 atom stereocenters. The van der Waals surface area contributed by atoms with E-state index in [1.54, 1.807) is 0 Å². The van der Waals surface area contributed by atoms with Gasteiger partial charge in [-0.1, -0.05) is 12.1 Å². The standard InChI is InChI=1S/C15H19N5/c1-17-7-8-20(2)11-14-10-18-19-15(14)13-5-3-12(9-16)4-6-13/h3-6,10,17H,7-8,11H2,1-2H3,(H,18,19). The summed E-state index contributed by atoms with van der Waals surface area (Å²) < 4.78 is 0. The summed E-state index contributed by atoms with van der Waals surface area (Å²) >= 11 is 0. The largest absolute Gasteiger partial charge is 0.318 e. The third kappa shape index (κ3) is 3.44. The van der Waals surface area contributed by atoms with Crippen molar-refractivity contribution in [2.75, 3.05) is 27.2 Å². The van der Waals surface area contributed by atoms with E-state index in [1.165, 1.54) is 0 Å². The highest BCUT2D eigenvalue weighted by atomic mass is 15.1. The van der Waals surface area contributed by atoms with Crippen molar-refractivity contribution in [2.45, 2.75) is 6.54 Å². The van der Waals surface area contributed by atoms with Crippen LogP contribution in [-0.4, -0.2) is 42.3 Å². The quantitative estimate of drug-likeness (QED) is 0.836. The van der Waals surface area contributed by atoms with Crippen molar-refractivity contribution >= 4 is 0 Å². The topological polar surface area (TPSA) is 67.7 Å². The van der Waals surface area contributed by atoms with Gasteiger partial charge in [0.2, 0.25) is 0 Å². The monoisotopic (exact) mass is 269 g/mol. The van der Waals surface area contributed by atoms with Crippen LogP contribution in [0.3, 0.4) is 0 Å². The second-order valence-corrected chi connectivity index (χ2v) is 4.80. The molecule has 1 aromatic heterocycles. The Morgan fingerprint density at radius 2 is 2.10 bits per heavy atom. The maximum atomic E-state index is 8.83. The highest BCUT2D eigenvalue weighted by molar-refractivity contribution is 5.63. The second-order valence-electron chi connectivity index (χ2n) is 4.80. The van der Waals surface area contributed by atoms with Crippen LogP contribution >= 0.6 is 0 Å². The third-order valence-corrected chi connectivity index (χ3v) is 3.20. The van der Waals surface area contributed by atoms with Crippen molar-refractivity contribution < 1.29 is 0 Å². The van der Waals surface area contributed by atoms with E-state index in [-0.39, 0.29) is 0 Å². The molecule has 0 amide bonds. The molecule has 1 aromatic carbocycles. The highest BCUT2D eigenvalue weighted by Crippen LogP contribution is 2.22. The Labute approximate surface area is 119 Å². The number of hydrogen-bond donors (Lipinski definition) is 2. The first-order chi connectivity index (χ1) is 9.74. The van der Waals surface area contributed by atoms with E-state index in [1.807, 2.05) is 37.5 Å². The van der Waals surface area contributed by atoms with Crippen LogP contribution in [0.25, 0.3) is 11.3 Å². The van der Waals surface area contributed by atoms with Gasteiger partial charge in [-0.15, -0.1) is 0 Å². The van der Waals surface area contributed by atoms with Crippen molar-refractivity contribution in [1.29, 1.82) is 5.26 Å². The molecule has 0 fully saturated rings. The molecular weight excluding hydrogens is 250 g/mol. The SMILES string of the molecule is CNCCN(C)Cc1cn[nH]c1-c1ccc(C#N)cc1. The fraction of sp³-hybridized carbons (Fsp3) is 0.333. The van der Waals surface area contributed by atoms with Crippen LogP contribution in [0.4, 0.5) is 0 Å². The van der Waals surface area contributed by atoms with E-state index in [4.69, 9.17) is 5.26 Å². The second kappa shape index (κ2) is 6.85. The van der Waals surface area contributed by atoms with Gasteiger partial charge >= 0.3 is 0 Å². The van der Waals surface area contributed by atoms with Crippen LogP contribution in [0.5, 0.6) is 0 Å². The number of benzene rings is 1. The first kappa shape index (κ1) is 14.3. The minimum absolute atomic E-state index is 0.668. The smallest absolute Gasteiger partial charge is 0.0991 e. The maximum absolute atomic E-state index is 8.83. The van der Waals surface area contributed by atoms with E-state index in [0.29, 0.717) is 5.56 Å². The molecule has 5 nitrogen and oxygen atoms in total. The number of rotatable bonds is 6. The van der Waals surface area contributed by atoms with Crippen molar-refractivity contribution in [2.24, 2.45) is 0 Å². The lowest BCUT2D eigenvalue weighted by molar-refractivity contribution is 0.328. The van der Waals surface area contributed by atoms with Crippen LogP contribution in [0.15, 0.2) is 30.5 Å². The zero-order valence-corrected chi connectivity index (χ0v) is 11.8. The molecule has 0 spiro atoms. The Kier molecular flexibility index (Phi) is 4.88. The maximum Gasteiger partial charge on any atom is 0.0991 e. The molecule has 0 aliphatic carbocycles. The van der Waals surface area contributed by atoms with Gasteiger partial charge in [0.1, 0.15) is 0 Å². The summed E-state index contributed by atoms with van der Waals surface area (Å²) in [7, 11) is 4.04. The van der Waals surface area contributed by atoms with Crippen LogP contribution in [0, 0.1) is 11.3 Å². The van der Waals surface area contributed by atoms with Crippen molar-refractivity contribution in [1.82, 2.24) is 20.4 Å². The minimum Gasteiger partial charge on any atom is -0.318 e. The van der Waals surface area contributed by atoms with Crippen LogP contribution < -0.4 is 5.32 Å². The molecule has 0 unspecified atom stereocenters. The molecule has 104 valence electrons. The molecular formula is C15H19N5. The van der Waals surface area contributed by atoms with E-state index >= 15 is 0 Å². The average Bonchev–Trinajstić information content (AvgIpc) is 2.93. The Hall–Kier alpha value is -2.16. The fourth-order valence-corrected chi connectivity index (χ4v) is 2.06. The summed E-state index contributed by atoms with van der Waals surface area (Å²) in [6.07, 6.45) is 1.86. The minimum atomic E-state index is 0.668. The molecule has 0 bridgehead atoms. The van der Waals surface area contributed by atoms with Crippen LogP contribution in [-0.2, 0) is 6.54 Å². The number of H-pyrrole nitrogens is 1. The number of likely N-dealkylation sites (N-methyl/N-ethyl adjacent to an activating group) is 2. The van der Waals surface area contributed by atoms with E-state index in [0.717, 1.165) is 36.5 Å². The normalized spacial score (nSPS) is 10.7. The molecule has 5 heteroatoms. The van der Waals surface area contributed by atoms with E-state index < -0.39 is 0 Å². The molecule has 0 saturated carbocycles. The molecule has 0 aliphatic heterocycles. The van der Waals surface area contributed by atoms with Gasteiger partial charge in [0.05, 0.1) is 23.5 Å². The average molecular weight is 269 g/mol. The van der Waals surface area contributed by atoms with Gasteiger partial charge in [0, 0.05) is 25.2 Å². The Morgan fingerprint density at radius 3 is 2.75 bits per heavy atom. The van der Waals surface area contributed by atoms with Crippen molar-refractivity contribution in [3.63, 3.8) is 0 Å². The number of nitriles is 1. The summed E-state index contributed by atoms with van der Waals surface area (Å²) in [6.45, 7) is 2.78. The van der Waals surface area contributed by atoms with Gasteiger partial charge in [-0.05, 0) is 31.8 Å². The molecule has 0 radical (unpaired) electrons. The molecule has 20 heavy (non-hydrogen) atoms. The molecule has 2 aromatic rings. The third-order valence-electron chi connectivity index (χ3n) is 3.20. The molecule has 0 aliphatic rings.